The molecule has 0 N–H and O–H groups in total. The zero-order valence-corrected chi connectivity index (χ0v) is 27.7. The average molecular weight is 654 g/mol. The molecule has 0 saturated carbocycles. The molecule has 8 aromatic carbocycles. The number of rotatable bonds is 3. The van der Waals surface area contributed by atoms with Gasteiger partial charge >= 0.3 is 0 Å². The number of hydrogen-bond acceptors (Lipinski definition) is 3. The fourth-order valence-electron chi connectivity index (χ4n) is 7.93. The van der Waals surface area contributed by atoms with E-state index in [0.717, 1.165) is 39.2 Å². The molecule has 0 aliphatic rings. The smallest absolute Gasteiger partial charge is 0.160 e. The number of benzene rings is 8. The van der Waals surface area contributed by atoms with Gasteiger partial charge in [0.1, 0.15) is 0 Å². The molecule has 0 amide bonds. The fraction of sp³-hybridized carbons (Fsp3) is 0. The van der Waals surface area contributed by atoms with Gasteiger partial charge in [0, 0.05) is 53.1 Å². The first kappa shape index (κ1) is 27.6. The lowest BCUT2D eigenvalue weighted by atomic mass is 10.00. The largest absolute Gasteiger partial charge is 0.309 e. The molecule has 50 heavy (non-hydrogen) atoms. The summed E-state index contributed by atoms with van der Waals surface area (Å²) in [5, 5.41) is 11.2. The highest BCUT2D eigenvalue weighted by atomic mass is 32.1. The molecular formula is C46H27N3S. The molecule has 3 nitrogen and oxygen atoms in total. The highest BCUT2D eigenvalue weighted by Crippen LogP contribution is 2.43. The minimum absolute atomic E-state index is 0.725. The quantitative estimate of drug-likeness (QED) is 0.190. The summed E-state index contributed by atoms with van der Waals surface area (Å²) in [4.78, 5) is 10.4. The zero-order chi connectivity index (χ0) is 32.8. The second-order valence-corrected chi connectivity index (χ2v) is 14.0. The van der Waals surface area contributed by atoms with Gasteiger partial charge in [0.15, 0.2) is 5.82 Å². The van der Waals surface area contributed by atoms with E-state index in [1.165, 1.54) is 63.5 Å². The van der Waals surface area contributed by atoms with E-state index in [1.54, 1.807) is 0 Å². The lowest BCUT2D eigenvalue weighted by molar-refractivity contribution is 1.18. The van der Waals surface area contributed by atoms with Gasteiger partial charge < -0.3 is 4.57 Å². The molecule has 0 unspecified atom stereocenters. The van der Waals surface area contributed by atoms with Crippen LogP contribution in [-0.2, 0) is 0 Å². The average Bonchev–Trinajstić information content (AvgIpc) is 3.74. The number of hydrogen-bond donors (Lipinski definition) is 0. The van der Waals surface area contributed by atoms with Crippen LogP contribution >= 0.6 is 11.3 Å². The molecule has 11 rings (SSSR count). The van der Waals surface area contributed by atoms with Crippen molar-refractivity contribution in [1.82, 2.24) is 14.5 Å². The first-order valence-corrected chi connectivity index (χ1v) is 17.7. The molecular weight excluding hydrogens is 627 g/mol. The zero-order valence-electron chi connectivity index (χ0n) is 26.8. The van der Waals surface area contributed by atoms with Crippen molar-refractivity contribution in [1.29, 1.82) is 0 Å². The van der Waals surface area contributed by atoms with Gasteiger partial charge in [-0.05, 0) is 70.1 Å². The summed E-state index contributed by atoms with van der Waals surface area (Å²) in [5.74, 6) is 0.725. The van der Waals surface area contributed by atoms with Crippen LogP contribution in [0.1, 0.15) is 0 Å². The van der Waals surface area contributed by atoms with Crippen LogP contribution in [0.15, 0.2) is 164 Å². The molecule has 0 fully saturated rings. The van der Waals surface area contributed by atoms with Crippen molar-refractivity contribution in [2.24, 2.45) is 0 Å². The van der Waals surface area contributed by atoms with E-state index in [-0.39, 0.29) is 0 Å². The van der Waals surface area contributed by atoms with Crippen LogP contribution in [0, 0.1) is 0 Å². The molecule has 3 heterocycles. The molecule has 11 aromatic rings. The van der Waals surface area contributed by atoms with Crippen molar-refractivity contribution in [2.45, 2.75) is 0 Å². The van der Waals surface area contributed by atoms with E-state index in [0.29, 0.717) is 0 Å². The molecule has 0 saturated heterocycles. The van der Waals surface area contributed by atoms with Gasteiger partial charge in [-0.2, -0.15) is 0 Å². The minimum Gasteiger partial charge on any atom is -0.309 e. The fourth-order valence-corrected chi connectivity index (χ4v) is 9.15. The van der Waals surface area contributed by atoms with Crippen molar-refractivity contribution in [2.75, 3.05) is 0 Å². The van der Waals surface area contributed by atoms with Gasteiger partial charge in [0.2, 0.25) is 0 Å². The maximum Gasteiger partial charge on any atom is 0.160 e. The van der Waals surface area contributed by atoms with Gasteiger partial charge in [-0.15, -0.1) is 11.3 Å². The van der Waals surface area contributed by atoms with Crippen LogP contribution in [0.3, 0.4) is 0 Å². The summed E-state index contributed by atoms with van der Waals surface area (Å²) in [5.41, 5.74) is 7.54. The van der Waals surface area contributed by atoms with E-state index in [4.69, 9.17) is 9.97 Å². The van der Waals surface area contributed by atoms with Crippen LogP contribution in [0.5, 0.6) is 0 Å². The third-order valence-electron chi connectivity index (χ3n) is 10.2. The minimum atomic E-state index is 0.725. The maximum atomic E-state index is 5.31. The van der Waals surface area contributed by atoms with Crippen molar-refractivity contribution < 1.29 is 0 Å². The predicted octanol–water partition coefficient (Wildman–Crippen LogP) is 12.7. The molecule has 0 aliphatic carbocycles. The summed E-state index contributed by atoms with van der Waals surface area (Å²) in [6, 6.07) is 58.8. The summed E-state index contributed by atoms with van der Waals surface area (Å²) < 4.78 is 4.95. The number of thiophene rings is 1. The van der Waals surface area contributed by atoms with Crippen LogP contribution < -0.4 is 0 Å². The van der Waals surface area contributed by atoms with Gasteiger partial charge in [-0.1, -0.05) is 115 Å². The Kier molecular flexibility index (Phi) is 5.83. The Labute approximate surface area is 291 Å². The van der Waals surface area contributed by atoms with E-state index < -0.39 is 0 Å². The monoisotopic (exact) mass is 653 g/mol. The van der Waals surface area contributed by atoms with Crippen LogP contribution in [-0.4, -0.2) is 14.5 Å². The highest BCUT2D eigenvalue weighted by molar-refractivity contribution is 7.26. The molecule has 232 valence electrons. The Bertz CT molecular complexity index is 3060. The van der Waals surface area contributed by atoms with Gasteiger partial charge in [-0.25, -0.2) is 9.97 Å². The number of nitrogens with zero attached hydrogens (tertiary/aromatic N) is 3. The Hall–Kier alpha value is -6.36. The van der Waals surface area contributed by atoms with E-state index >= 15 is 0 Å². The Balaban J connectivity index is 1.11. The lowest BCUT2D eigenvalue weighted by Gasteiger charge is -2.12. The summed E-state index contributed by atoms with van der Waals surface area (Å²) in [7, 11) is 0. The molecule has 0 bridgehead atoms. The standard InChI is InChI=1S/C46H27N3S/c1-3-12-32-28(10-1)22-26-39-42(32)43-33-13-4-2-11-29(33)23-27-40(43)49(39)31-24-20-30(21-25-31)46-47-38-18-7-5-15-36(38)44(48-46)37-17-9-16-35-34-14-6-8-19-41(34)50-45(35)37/h1-27H. The van der Waals surface area contributed by atoms with Gasteiger partial charge in [0.25, 0.3) is 0 Å². The number of aromatic nitrogens is 3. The van der Waals surface area contributed by atoms with E-state index in [1.807, 2.05) is 11.3 Å². The molecule has 4 heteroatoms. The third-order valence-corrected chi connectivity index (χ3v) is 11.4. The summed E-state index contributed by atoms with van der Waals surface area (Å²) in [6.07, 6.45) is 0. The van der Waals surface area contributed by atoms with Gasteiger partial charge in [0.05, 0.1) is 22.2 Å². The molecule has 0 radical (unpaired) electrons. The van der Waals surface area contributed by atoms with E-state index in [2.05, 4.69) is 168 Å². The lowest BCUT2D eigenvalue weighted by Crippen LogP contribution is -1.97. The van der Waals surface area contributed by atoms with Crippen molar-refractivity contribution in [3.8, 4) is 28.3 Å². The first-order chi connectivity index (χ1) is 24.8. The van der Waals surface area contributed by atoms with Crippen molar-refractivity contribution in [3.05, 3.63) is 164 Å². The number of fused-ring (bicyclic) bond motifs is 11. The maximum absolute atomic E-state index is 5.31. The number of para-hydroxylation sites is 1. The molecule has 0 spiro atoms. The normalized spacial score (nSPS) is 12.0. The molecule has 3 aromatic heterocycles. The topological polar surface area (TPSA) is 30.7 Å². The second kappa shape index (κ2) is 10.6. The Morgan fingerprint density at radius 1 is 0.440 bits per heavy atom. The highest BCUT2D eigenvalue weighted by Gasteiger charge is 2.19. The summed E-state index contributed by atoms with van der Waals surface area (Å²) >= 11 is 1.83. The Morgan fingerprint density at radius 3 is 1.76 bits per heavy atom. The van der Waals surface area contributed by atoms with Crippen LogP contribution in [0.25, 0.3) is 103 Å². The van der Waals surface area contributed by atoms with Crippen LogP contribution in [0.2, 0.25) is 0 Å². The predicted molar refractivity (Wildman–Crippen MR) is 213 cm³/mol. The van der Waals surface area contributed by atoms with E-state index in [9.17, 15) is 0 Å². The second-order valence-electron chi connectivity index (χ2n) is 12.9. The summed E-state index contributed by atoms with van der Waals surface area (Å²) in [6.45, 7) is 0. The Morgan fingerprint density at radius 2 is 1.04 bits per heavy atom. The third kappa shape index (κ3) is 3.97. The van der Waals surface area contributed by atoms with Crippen LogP contribution in [0.4, 0.5) is 0 Å². The first-order valence-electron chi connectivity index (χ1n) is 16.9. The van der Waals surface area contributed by atoms with Gasteiger partial charge in [-0.3, -0.25) is 0 Å². The van der Waals surface area contributed by atoms with Crippen molar-refractivity contribution in [3.63, 3.8) is 0 Å². The van der Waals surface area contributed by atoms with Crippen molar-refractivity contribution >= 4 is 85.8 Å². The molecule has 0 atom stereocenters. The SMILES string of the molecule is c1ccc2c(c1)ccc1c2c2c3ccccc3ccc2n1-c1ccc(-c2nc(-c3cccc4c3sc3ccccc34)c3ccccc3n2)cc1. The molecule has 0 aliphatic heterocycles.